The smallest absolute Gasteiger partial charge is 0.228 e. The standard InChI is InChI=1S/C25H26ClN5O2/c26-19-6-7-21-22(15-19)29-23(32)14-18-16-27-25(30-24(18)21)28-20-5-1-3-17(13-20)4-2-8-31-9-11-33-12-10-31/h1,3,5-7,13,15-16H,2,4,8-12,14H2,(H,29,32)(H,27,28,30). The maximum absolute atomic E-state index is 12.3. The van der Waals surface area contributed by atoms with Crippen molar-refractivity contribution in [2.75, 3.05) is 43.5 Å². The Hall–Kier alpha value is -3.00. The van der Waals surface area contributed by atoms with Gasteiger partial charge < -0.3 is 15.4 Å². The second-order valence-electron chi connectivity index (χ2n) is 8.37. The largest absolute Gasteiger partial charge is 0.379 e. The number of aromatic nitrogens is 2. The van der Waals surface area contributed by atoms with Gasteiger partial charge in [0, 0.05) is 41.1 Å². The summed E-state index contributed by atoms with van der Waals surface area (Å²) in [6, 6.07) is 13.8. The van der Waals surface area contributed by atoms with Crippen LogP contribution in [0, 0.1) is 0 Å². The van der Waals surface area contributed by atoms with E-state index in [1.807, 2.05) is 12.1 Å². The number of fused-ring (bicyclic) bond motifs is 3. The molecule has 1 aromatic heterocycles. The fourth-order valence-electron chi connectivity index (χ4n) is 4.29. The molecule has 33 heavy (non-hydrogen) atoms. The molecular weight excluding hydrogens is 438 g/mol. The monoisotopic (exact) mass is 463 g/mol. The van der Waals surface area contributed by atoms with Crippen molar-refractivity contribution in [2.45, 2.75) is 19.3 Å². The van der Waals surface area contributed by atoms with Crippen LogP contribution in [0.15, 0.2) is 48.7 Å². The average molecular weight is 464 g/mol. The predicted octanol–water partition coefficient (Wildman–Crippen LogP) is 4.30. The molecule has 2 aliphatic heterocycles. The van der Waals surface area contributed by atoms with Gasteiger partial charge in [-0.25, -0.2) is 9.97 Å². The molecule has 170 valence electrons. The van der Waals surface area contributed by atoms with E-state index >= 15 is 0 Å². The second-order valence-corrected chi connectivity index (χ2v) is 8.80. The highest BCUT2D eigenvalue weighted by molar-refractivity contribution is 6.31. The third-order valence-corrected chi connectivity index (χ3v) is 6.19. The van der Waals surface area contributed by atoms with Crippen LogP contribution in [0.5, 0.6) is 0 Å². The van der Waals surface area contributed by atoms with E-state index < -0.39 is 0 Å². The van der Waals surface area contributed by atoms with Gasteiger partial charge in [0.2, 0.25) is 11.9 Å². The number of aryl methyl sites for hydroxylation is 1. The van der Waals surface area contributed by atoms with E-state index in [2.05, 4.69) is 38.7 Å². The van der Waals surface area contributed by atoms with Crippen LogP contribution < -0.4 is 10.6 Å². The number of morpholine rings is 1. The average Bonchev–Trinajstić information content (AvgIpc) is 2.94. The molecule has 1 amide bonds. The molecule has 2 aliphatic rings. The molecule has 2 N–H and O–H groups in total. The molecule has 0 bridgehead atoms. The Morgan fingerprint density at radius 1 is 1.15 bits per heavy atom. The van der Waals surface area contributed by atoms with Crippen molar-refractivity contribution < 1.29 is 9.53 Å². The molecule has 0 unspecified atom stereocenters. The highest BCUT2D eigenvalue weighted by atomic mass is 35.5. The van der Waals surface area contributed by atoms with E-state index in [0.717, 1.165) is 68.2 Å². The lowest BCUT2D eigenvalue weighted by atomic mass is 10.1. The number of carbonyl (C=O) groups is 1. The number of nitrogens with one attached hydrogen (secondary N) is 2. The molecule has 1 fully saturated rings. The van der Waals surface area contributed by atoms with E-state index in [1.54, 1.807) is 18.3 Å². The zero-order valence-electron chi connectivity index (χ0n) is 18.3. The van der Waals surface area contributed by atoms with Gasteiger partial charge in [-0.05, 0) is 55.3 Å². The second kappa shape index (κ2) is 9.87. The molecule has 2 aromatic carbocycles. The van der Waals surface area contributed by atoms with Gasteiger partial charge in [0.1, 0.15) is 0 Å². The Balaban J connectivity index is 1.31. The van der Waals surface area contributed by atoms with Crippen LogP contribution in [-0.2, 0) is 22.4 Å². The molecule has 0 atom stereocenters. The number of anilines is 3. The van der Waals surface area contributed by atoms with Crippen molar-refractivity contribution in [3.05, 3.63) is 64.8 Å². The molecule has 3 heterocycles. The number of amides is 1. The highest BCUT2D eigenvalue weighted by Gasteiger charge is 2.21. The normalized spacial score (nSPS) is 15.8. The quantitative estimate of drug-likeness (QED) is 0.567. The van der Waals surface area contributed by atoms with Crippen LogP contribution >= 0.6 is 11.6 Å². The molecule has 0 spiro atoms. The van der Waals surface area contributed by atoms with Crippen molar-refractivity contribution in [3.63, 3.8) is 0 Å². The summed E-state index contributed by atoms with van der Waals surface area (Å²) >= 11 is 6.13. The maximum atomic E-state index is 12.3. The van der Waals surface area contributed by atoms with E-state index in [0.29, 0.717) is 16.7 Å². The number of hydrogen-bond donors (Lipinski definition) is 2. The molecule has 8 heteroatoms. The van der Waals surface area contributed by atoms with Gasteiger partial charge >= 0.3 is 0 Å². The first-order chi connectivity index (χ1) is 16.1. The Kier molecular flexibility index (Phi) is 6.53. The van der Waals surface area contributed by atoms with Gasteiger partial charge in [-0.1, -0.05) is 23.7 Å². The Morgan fingerprint density at radius 3 is 2.91 bits per heavy atom. The molecule has 7 nitrogen and oxygen atoms in total. The van der Waals surface area contributed by atoms with Gasteiger partial charge in [0.15, 0.2) is 0 Å². The zero-order chi connectivity index (χ0) is 22.6. The van der Waals surface area contributed by atoms with Crippen molar-refractivity contribution >= 4 is 34.8 Å². The lowest BCUT2D eigenvalue weighted by Gasteiger charge is -2.26. The van der Waals surface area contributed by atoms with Crippen LogP contribution in [0.2, 0.25) is 5.02 Å². The van der Waals surface area contributed by atoms with Crippen molar-refractivity contribution in [3.8, 4) is 11.3 Å². The van der Waals surface area contributed by atoms with Crippen molar-refractivity contribution in [1.29, 1.82) is 0 Å². The zero-order valence-corrected chi connectivity index (χ0v) is 19.1. The lowest BCUT2D eigenvalue weighted by Crippen LogP contribution is -2.36. The van der Waals surface area contributed by atoms with Gasteiger partial charge in [0.25, 0.3) is 0 Å². The predicted molar refractivity (Wildman–Crippen MR) is 130 cm³/mol. The van der Waals surface area contributed by atoms with Crippen LogP contribution in [-0.4, -0.2) is 53.6 Å². The highest BCUT2D eigenvalue weighted by Crippen LogP contribution is 2.34. The molecular formula is C25H26ClN5O2. The SMILES string of the molecule is O=C1Cc2cnc(Nc3cccc(CCCN4CCOCC4)c3)nc2-c2ccc(Cl)cc2N1. The van der Waals surface area contributed by atoms with Gasteiger partial charge in [-0.15, -0.1) is 0 Å². The first-order valence-electron chi connectivity index (χ1n) is 11.3. The van der Waals surface area contributed by atoms with Crippen LogP contribution in [0.3, 0.4) is 0 Å². The Morgan fingerprint density at radius 2 is 2.03 bits per heavy atom. The number of halogens is 1. The summed E-state index contributed by atoms with van der Waals surface area (Å²) in [5.74, 6) is 0.390. The summed E-state index contributed by atoms with van der Waals surface area (Å²) in [5.41, 5.74) is 5.24. The van der Waals surface area contributed by atoms with E-state index in [9.17, 15) is 4.79 Å². The van der Waals surface area contributed by atoms with Crippen LogP contribution in [0.1, 0.15) is 17.5 Å². The van der Waals surface area contributed by atoms with E-state index in [4.69, 9.17) is 21.3 Å². The summed E-state index contributed by atoms with van der Waals surface area (Å²) in [4.78, 5) is 24.0. The van der Waals surface area contributed by atoms with Crippen LogP contribution in [0.25, 0.3) is 11.3 Å². The minimum absolute atomic E-state index is 0.105. The first kappa shape index (κ1) is 21.8. The number of rotatable bonds is 6. The van der Waals surface area contributed by atoms with Gasteiger partial charge in [-0.3, -0.25) is 9.69 Å². The third-order valence-electron chi connectivity index (χ3n) is 5.95. The molecule has 5 rings (SSSR count). The minimum Gasteiger partial charge on any atom is -0.379 e. The number of benzene rings is 2. The number of hydrogen-bond acceptors (Lipinski definition) is 6. The fourth-order valence-corrected chi connectivity index (χ4v) is 4.46. The number of ether oxygens (including phenoxy) is 1. The molecule has 1 saturated heterocycles. The van der Waals surface area contributed by atoms with Gasteiger partial charge in [-0.2, -0.15) is 0 Å². The van der Waals surface area contributed by atoms with Crippen molar-refractivity contribution in [2.24, 2.45) is 0 Å². The minimum atomic E-state index is -0.105. The first-order valence-corrected chi connectivity index (χ1v) is 11.6. The third kappa shape index (κ3) is 5.33. The fraction of sp³-hybridized carbons (Fsp3) is 0.320. The topological polar surface area (TPSA) is 79.4 Å². The molecule has 0 radical (unpaired) electrons. The molecule has 0 aliphatic carbocycles. The Labute approximate surface area is 198 Å². The van der Waals surface area contributed by atoms with Gasteiger partial charge in [0.05, 0.1) is 31.0 Å². The Bertz CT molecular complexity index is 1160. The molecule has 3 aromatic rings. The molecule has 0 saturated carbocycles. The maximum Gasteiger partial charge on any atom is 0.228 e. The van der Waals surface area contributed by atoms with Crippen LogP contribution in [0.4, 0.5) is 17.3 Å². The number of carbonyl (C=O) groups excluding carboxylic acids is 1. The summed E-state index contributed by atoms with van der Waals surface area (Å²) in [6.45, 7) is 4.80. The summed E-state index contributed by atoms with van der Waals surface area (Å²) < 4.78 is 5.42. The summed E-state index contributed by atoms with van der Waals surface area (Å²) in [7, 11) is 0. The lowest BCUT2D eigenvalue weighted by molar-refractivity contribution is -0.115. The van der Waals surface area contributed by atoms with Crippen molar-refractivity contribution in [1.82, 2.24) is 14.9 Å². The number of nitrogens with zero attached hydrogens (tertiary/aromatic N) is 3. The van der Waals surface area contributed by atoms with E-state index in [-0.39, 0.29) is 12.3 Å². The van der Waals surface area contributed by atoms with E-state index in [1.165, 1.54) is 5.56 Å². The summed E-state index contributed by atoms with van der Waals surface area (Å²) in [5, 5.41) is 6.80. The summed E-state index contributed by atoms with van der Waals surface area (Å²) in [6.07, 6.45) is 4.07.